The zero-order valence-corrected chi connectivity index (χ0v) is 17.1. The van der Waals surface area contributed by atoms with Crippen molar-refractivity contribution in [3.05, 3.63) is 104 Å². The van der Waals surface area contributed by atoms with Crippen LogP contribution in [0.4, 0.5) is 0 Å². The summed E-state index contributed by atoms with van der Waals surface area (Å²) in [5.41, 5.74) is 5.69. The molecule has 4 aromatic carbocycles. The normalized spacial score (nSPS) is 11.8. The smallest absolute Gasteiger partial charge is 0.237 e. The predicted molar refractivity (Wildman–Crippen MR) is 129 cm³/mol. The Kier molecular flexibility index (Phi) is 3.49. The Hall–Kier alpha value is -4.51. The fourth-order valence-electron chi connectivity index (χ4n) is 4.85. The van der Waals surface area contributed by atoms with Crippen molar-refractivity contribution in [3.63, 3.8) is 0 Å². The van der Waals surface area contributed by atoms with Gasteiger partial charge in [-0.2, -0.15) is 0 Å². The SMILES string of the molecule is c1ccc(-n2c3ccccc3c3cc4c(cc32)c2ccccc2n4-c2ncncn2)cc1. The summed E-state index contributed by atoms with van der Waals surface area (Å²) in [6, 6.07) is 32.1. The summed E-state index contributed by atoms with van der Waals surface area (Å²) in [7, 11) is 0. The summed E-state index contributed by atoms with van der Waals surface area (Å²) in [4.78, 5) is 12.9. The lowest BCUT2D eigenvalue weighted by molar-refractivity contribution is 0.940. The summed E-state index contributed by atoms with van der Waals surface area (Å²) in [5, 5.41) is 4.78. The van der Waals surface area contributed by atoms with Gasteiger partial charge in [0.1, 0.15) is 12.7 Å². The second kappa shape index (κ2) is 6.49. The number of hydrogen-bond acceptors (Lipinski definition) is 3. The van der Waals surface area contributed by atoms with Crippen molar-refractivity contribution in [3.8, 4) is 11.6 Å². The van der Waals surface area contributed by atoms with E-state index in [-0.39, 0.29) is 0 Å². The molecule has 0 fully saturated rings. The van der Waals surface area contributed by atoms with Gasteiger partial charge < -0.3 is 4.57 Å². The van der Waals surface area contributed by atoms with Crippen LogP contribution in [-0.2, 0) is 0 Å². The molecule has 7 aromatic rings. The van der Waals surface area contributed by atoms with E-state index in [2.05, 4.69) is 115 Å². The summed E-state index contributed by atoms with van der Waals surface area (Å²) < 4.78 is 4.47. The largest absolute Gasteiger partial charge is 0.309 e. The first-order valence-corrected chi connectivity index (χ1v) is 10.5. The Labute approximate surface area is 183 Å². The number of benzene rings is 4. The number of fused-ring (bicyclic) bond motifs is 6. The molecule has 0 saturated carbocycles. The Balaban J connectivity index is 1.71. The van der Waals surface area contributed by atoms with Crippen LogP contribution in [0.2, 0.25) is 0 Å². The van der Waals surface area contributed by atoms with Gasteiger partial charge >= 0.3 is 0 Å². The van der Waals surface area contributed by atoms with Crippen LogP contribution >= 0.6 is 0 Å². The van der Waals surface area contributed by atoms with E-state index in [0.717, 1.165) is 16.7 Å². The van der Waals surface area contributed by atoms with E-state index in [1.54, 1.807) is 12.7 Å². The molecule has 3 aromatic heterocycles. The maximum atomic E-state index is 4.45. The molecule has 5 heteroatoms. The zero-order valence-electron chi connectivity index (χ0n) is 17.1. The molecule has 0 unspecified atom stereocenters. The first-order valence-electron chi connectivity index (χ1n) is 10.5. The third kappa shape index (κ3) is 2.30. The maximum absolute atomic E-state index is 4.45. The molecule has 0 atom stereocenters. The Morgan fingerprint density at radius 3 is 1.66 bits per heavy atom. The number of aromatic nitrogens is 5. The van der Waals surface area contributed by atoms with E-state index in [4.69, 9.17) is 0 Å². The molecule has 0 N–H and O–H groups in total. The Bertz CT molecular complexity index is 1630. The summed E-state index contributed by atoms with van der Waals surface area (Å²) >= 11 is 0. The van der Waals surface area contributed by atoms with Crippen LogP contribution in [0, 0.1) is 0 Å². The van der Waals surface area contributed by atoms with Crippen LogP contribution < -0.4 is 0 Å². The highest BCUT2D eigenvalue weighted by atomic mass is 15.2. The van der Waals surface area contributed by atoms with E-state index in [9.17, 15) is 0 Å². The van der Waals surface area contributed by atoms with Gasteiger partial charge in [-0.3, -0.25) is 4.57 Å². The lowest BCUT2D eigenvalue weighted by atomic mass is 10.1. The van der Waals surface area contributed by atoms with Crippen LogP contribution in [0.1, 0.15) is 0 Å². The fraction of sp³-hybridized carbons (Fsp3) is 0. The molecule has 0 aliphatic rings. The minimum Gasteiger partial charge on any atom is -0.309 e. The van der Waals surface area contributed by atoms with Gasteiger partial charge in [-0.1, -0.05) is 54.6 Å². The minimum absolute atomic E-state index is 0.623. The van der Waals surface area contributed by atoms with Crippen molar-refractivity contribution in [2.75, 3.05) is 0 Å². The average Bonchev–Trinajstić information content (AvgIpc) is 3.36. The van der Waals surface area contributed by atoms with E-state index in [1.807, 2.05) is 0 Å². The molecule has 0 bridgehead atoms. The van der Waals surface area contributed by atoms with E-state index < -0.39 is 0 Å². The Morgan fingerprint density at radius 2 is 1.00 bits per heavy atom. The third-order valence-electron chi connectivity index (χ3n) is 6.16. The number of nitrogens with zero attached hydrogens (tertiary/aromatic N) is 5. The molecular formula is C27H17N5. The first-order chi connectivity index (χ1) is 15.9. The number of hydrogen-bond donors (Lipinski definition) is 0. The van der Waals surface area contributed by atoms with Gasteiger partial charge in [0.2, 0.25) is 5.95 Å². The molecule has 150 valence electrons. The van der Waals surface area contributed by atoms with Gasteiger partial charge in [0.25, 0.3) is 0 Å². The van der Waals surface area contributed by atoms with Gasteiger partial charge in [0, 0.05) is 27.2 Å². The molecule has 0 radical (unpaired) electrons. The standard InChI is InChI=1S/C27H17N5/c1-2-8-18(9-3-1)31-23-12-6-4-10-19(23)21-15-26-22(14-25(21)31)20-11-5-7-13-24(20)32(26)27-29-16-28-17-30-27/h1-17H. The Morgan fingerprint density at radius 1 is 0.469 bits per heavy atom. The molecule has 0 amide bonds. The van der Waals surface area contributed by atoms with Gasteiger partial charge in [-0.25, -0.2) is 15.0 Å². The van der Waals surface area contributed by atoms with Crippen molar-refractivity contribution in [1.82, 2.24) is 24.1 Å². The highest BCUT2D eigenvalue weighted by Gasteiger charge is 2.18. The van der Waals surface area contributed by atoms with Gasteiger partial charge in [-0.05, 0) is 36.4 Å². The van der Waals surface area contributed by atoms with Crippen molar-refractivity contribution in [2.24, 2.45) is 0 Å². The molecule has 0 aliphatic carbocycles. The third-order valence-corrected chi connectivity index (χ3v) is 6.16. The van der Waals surface area contributed by atoms with Crippen molar-refractivity contribution in [2.45, 2.75) is 0 Å². The quantitative estimate of drug-likeness (QED) is 0.347. The fourth-order valence-corrected chi connectivity index (χ4v) is 4.85. The minimum atomic E-state index is 0.623. The predicted octanol–water partition coefficient (Wildman–Crippen LogP) is 6.07. The van der Waals surface area contributed by atoms with Crippen LogP contribution in [0.15, 0.2) is 104 Å². The average molecular weight is 411 g/mol. The topological polar surface area (TPSA) is 48.5 Å². The van der Waals surface area contributed by atoms with Crippen molar-refractivity contribution in [1.29, 1.82) is 0 Å². The van der Waals surface area contributed by atoms with E-state index >= 15 is 0 Å². The zero-order chi connectivity index (χ0) is 21.1. The lowest BCUT2D eigenvalue weighted by Crippen LogP contribution is -2.00. The van der Waals surface area contributed by atoms with E-state index in [0.29, 0.717) is 5.95 Å². The van der Waals surface area contributed by atoms with Gasteiger partial charge in [-0.15, -0.1) is 0 Å². The summed E-state index contributed by atoms with van der Waals surface area (Å²) in [6.45, 7) is 0. The number of rotatable bonds is 2. The highest BCUT2D eigenvalue weighted by molar-refractivity contribution is 6.18. The molecule has 7 rings (SSSR count). The molecule has 3 heterocycles. The lowest BCUT2D eigenvalue weighted by Gasteiger charge is -2.08. The van der Waals surface area contributed by atoms with Crippen molar-refractivity contribution < 1.29 is 0 Å². The van der Waals surface area contributed by atoms with Gasteiger partial charge in [0.05, 0.1) is 22.1 Å². The first kappa shape index (κ1) is 17.2. The number of para-hydroxylation sites is 3. The summed E-state index contributed by atoms with van der Waals surface area (Å²) in [5.74, 6) is 0.623. The van der Waals surface area contributed by atoms with Crippen LogP contribution in [0.3, 0.4) is 0 Å². The molecule has 0 aliphatic heterocycles. The van der Waals surface area contributed by atoms with Crippen LogP contribution in [0.25, 0.3) is 55.2 Å². The molecule has 5 nitrogen and oxygen atoms in total. The molecular weight excluding hydrogens is 394 g/mol. The van der Waals surface area contributed by atoms with Crippen molar-refractivity contribution >= 4 is 43.6 Å². The maximum Gasteiger partial charge on any atom is 0.237 e. The van der Waals surface area contributed by atoms with Gasteiger partial charge in [0.15, 0.2) is 0 Å². The summed E-state index contributed by atoms with van der Waals surface area (Å²) in [6.07, 6.45) is 3.09. The highest BCUT2D eigenvalue weighted by Crippen LogP contribution is 2.38. The van der Waals surface area contributed by atoms with Crippen LogP contribution in [-0.4, -0.2) is 24.1 Å². The second-order valence-corrected chi connectivity index (χ2v) is 7.87. The van der Waals surface area contributed by atoms with Crippen LogP contribution in [0.5, 0.6) is 0 Å². The molecule has 32 heavy (non-hydrogen) atoms. The van der Waals surface area contributed by atoms with E-state index in [1.165, 1.54) is 32.6 Å². The monoisotopic (exact) mass is 411 g/mol. The molecule has 0 saturated heterocycles. The second-order valence-electron chi connectivity index (χ2n) is 7.87. The molecule has 0 spiro atoms.